The van der Waals surface area contributed by atoms with Gasteiger partial charge in [0.05, 0.1) is 11.6 Å². The summed E-state index contributed by atoms with van der Waals surface area (Å²) in [4.78, 5) is 8.89. The van der Waals surface area contributed by atoms with Crippen LogP contribution in [0.2, 0.25) is 0 Å². The summed E-state index contributed by atoms with van der Waals surface area (Å²) in [5.41, 5.74) is 4.37. The van der Waals surface area contributed by atoms with Gasteiger partial charge in [-0.25, -0.2) is 4.98 Å². The Morgan fingerprint density at radius 1 is 0.875 bits per heavy atom. The van der Waals surface area contributed by atoms with E-state index >= 15 is 0 Å². The maximum Gasteiger partial charge on any atom is 0.229 e. The molecule has 0 amide bonds. The number of aromatic nitrogens is 2. The molecule has 24 heavy (non-hydrogen) atoms. The van der Waals surface area contributed by atoms with Crippen LogP contribution in [0.3, 0.4) is 0 Å². The summed E-state index contributed by atoms with van der Waals surface area (Å²) in [6.45, 7) is 3.96. The molecule has 3 aromatic rings. The molecule has 0 fully saturated rings. The number of nitrogens with zero attached hydrogens (tertiary/aromatic N) is 3. The Morgan fingerprint density at radius 3 is 2.38 bits per heavy atom. The Morgan fingerprint density at radius 2 is 1.62 bits per heavy atom. The Hall–Kier alpha value is -3.39. The van der Waals surface area contributed by atoms with E-state index in [-0.39, 0.29) is 0 Å². The predicted octanol–water partition coefficient (Wildman–Crippen LogP) is 4.45. The van der Waals surface area contributed by atoms with Gasteiger partial charge in [0, 0.05) is 23.1 Å². The summed E-state index contributed by atoms with van der Waals surface area (Å²) in [5, 5.41) is 15.4. The zero-order valence-corrected chi connectivity index (χ0v) is 13.5. The second kappa shape index (κ2) is 6.80. The van der Waals surface area contributed by atoms with E-state index in [0.717, 1.165) is 17.1 Å². The van der Waals surface area contributed by atoms with Gasteiger partial charge in [-0.1, -0.05) is 18.2 Å². The molecule has 0 aliphatic heterocycles. The van der Waals surface area contributed by atoms with E-state index < -0.39 is 0 Å². The molecular formula is C19H17N5. The molecular weight excluding hydrogens is 298 g/mol. The van der Waals surface area contributed by atoms with Gasteiger partial charge in [-0.05, 0) is 49.7 Å². The summed E-state index contributed by atoms with van der Waals surface area (Å²) < 4.78 is 0. The fraction of sp³-hybridized carbons (Fsp3) is 0.105. The quantitative estimate of drug-likeness (QED) is 0.744. The van der Waals surface area contributed by atoms with Crippen LogP contribution in [0, 0.1) is 25.2 Å². The monoisotopic (exact) mass is 315 g/mol. The van der Waals surface area contributed by atoms with Gasteiger partial charge >= 0.3 is 0 Å². The average molecular weight is 315 g/mol. The van der Waals surface area contributed by atoms with E-state index in [2.05, 4.69) is 32.7 Å². The first-order chi connectivity index (χ1) is 11.6. The SMILES string of the molecule is Cc1cccc(Nc2cc(C)nc(Nc3cccc(C#N)c3)n2)c1. The first-order valence-corrected chi connectivity index (χ1v) is 7.59. The number of nitriles is 1. The highest BCUT2D eigenvalue weighted by Gasteiger charge is 2.04. The molecule has 2 N–H and O–H groups in total. The molecule has 0 aliphatic carbocycles. The van der Waals surface area contributed by atoms with Gasteiger partial charge in [0.2, 0.25) is 5.95 Å². The first-order valence-electron chi connectivity index (χ1n) is 7.59. The van der Waals surface area contributed by atoms with Gasteiger partial charge < -0.3 is 10.6 Å². The van der Waals surface area contributed by atoms with E-state index in [9.17, 15) is 0 Å². The third-order valence-corrected chi connectivity index (χ3v) is 3.39. The Balaban J connectivity index is 1.84. The van der Waals surface area contributed by atoms with E-state index in [1.807, 2.05) is 50.2 Å². The maximum atomic E-state index is 8.98. The van der Waals surface area contributed by atoms with Crippen LogP contribution in [0.25, 0.3) is 0 Å². The molecule has 0 saturated carbocycles. The number of nitrogens with one attached hydrogen (secondary N) is 2. The first kappa shape index (κ1) is 15.5. The molecule has 0 spiro atoms. The zero-order chi connectivity index (χ0) is 16.9. The van der Waals surface area contributed by atoms with Crippen LogP contribution >= 0.6 is 0 Å². The van der Waals surface area contributed by atoms with Crippen LogP contribution in [0.4, 0.5) is 23.1 Å². The predicted molar refractivity (Wildman–Crippen MR) is 95.7 cm³/mol. The highest BCUT2D eigenvalue weighted by molar-refractivity contribution is 5.61. The average Bonchev–Trinajstić information content (AvgIpc) is 2.54. The summed E-state index contributed by atoms with van der Waals surface area (Å²) >= 11 is 0. The van der Waals surface area contributed by atoms with Crippen LogP contribution < -0.4 is 10.6 Å². The number of hydrogen-bond acceptors (Lipinski definition) is 5. The van der Waals surface area contributed by atoms with E-state index in [0.29, 0.717) is 17.3 Å². The van der Waals surface area contributed by atoms with Crippen molar-refractivity contribution in [1.29, 1.82) is 5.26 Å². The van der Waals surface area contributed by atoms with E-state index in [1.165, 1.54) is 5.56 Å². The van der Waals surface area contributed by atoms with Gasteiger partial charge in [-0.15, -0.1) is 0 Å². The van der Waals surface area contributed by atoms with Crippen molar-refractivity contribution in [1.82, 2.24) is 9.97 Å². The molecule has 5 heteroatoms. The molecule has 0 unspecified atom stereocenters. The Labute approximate surface area is 141 Å². The van der Waals surface area contributed by atoms with Crippen molar-refractivity contribution in [2.24, 2.45) is 0 Å². The molecule has 0 atom stereocenters. The third kappa shape index (κ3) is 3.87. The molecule has 0 aliphatic rings. The van der Waals surface area contributed by atoms with Crippen molar-refractivity contribution in [3.05, 3.63) is 71.4 Å². The fourth-order valence-corrected chi connectivity index (χ4v) is 2.35. The van der Waals surface area contributed by atoms with Gasteiger partial charge in [0.15, 0.2) is 0 Å². The lowest BCUT2D eigenvalue weighted by Gasteiger charge is -2.10. The largest absolute Gasteiger partial charge is 0.340 e. The van der Waals surface area contributed by atoms with Crippen molar-refractivity contribution in [3.8, 4) is 6.07 Å². The second-order valence-electron chi connectivity index (χ2n) is 5.53. The molecule has 3 rings (SSSR count). The molecule has 0 bridgehead atoms. The number of hydrogen-bond donors (Lipinski definition) is 2. The van der Waals surface area contributed by atoms with Crippen LogP contribution in [-0.2, 0) is 0 Å². The molecule has 0 radical (unpaired) electrons. The normalized spacial score (nSPS) is 10.0. The van der Waals surface area contributed by atoms with Crippen LogP contribution in [0.15, 0.2) is 54.6 Å². The molecule has 0 saturated heterocycles. The zero-order valence-electron chi connectivity index (χ0n) is 13.5. The van der Waals surface area contributed by atoms with Crippen molar-refractivity contribution < 1.29 is 0 Å². The van der Waals surface area contributed by atoms with Crippen LogP contribution in [0.5, 0.6) is 0 Å². The Bertz CT molecular complexity index is 912. The summed E-state index contributed by atoms with van der Waals surface area (Å²) in [7, 11) is 0. The topological polar surface area (TPSA) is 73.6 Å². The van der Waals surface area contributed by atoms with Crippen molar-refractivity contribution >= 4 is 23.1 Å². The standard InChI is InChI=1S/C19H17N5/c1-13-5-3-7-16(9-13)22-18-10-14(2)21-19(24-18)23-17-8-4-6-15(11-17)12-20/h3-11H,1-2H3,(H2,21,22,23,24). The van der Waals surface area contributed by atoms with Crippen LogP contribution in [-0.4, -0.2) is 9.97 Å². The van der Waals surface area contributed by atoms with Crippen LogP contribution in [0.1, 0.15) is 16.8 Å². The van der Waals surface area contributed by atoms with E-state index in [4.69, 9.17) is 5.26 Å². The fourth-order valence-electron chi connectivity index (χ4n) is 2.35. The molecule has 2 aromatic carbocycles. The summed E-state index contributed by atoms with van der Waals surface area (Å²) in [6.07, 6.45) is 0. The number of rotatable bonds is 4. The summed E-state index contributed by atoms with van der Waals surface area (Å²) in [5.74, 6) is 1.20. The minimum absolute atomic E-state index is 0.486. The lowest BCUT2D eigenvalue weighted by atomic mass is 10.2. The highest BCUT2D eigenvalue weighted by Crippen LogP contribution is 2.20. The molecule has 1 heterocycles. The molecule has 5 nitrogen and oxygen atoms in total. The van der Waals surface area contributed by atoms with Gasteiger partial charge in [0.25, 0.3) is 0 Å². The highest BCUT2D eigenvalue weighted by atomic mass is 15.1. The minimum atomic E-state index is 0.486. The van der Waals surface area contributed by atoms with Gasteiger partial charge in [-0.2, -0.15) is 10.2 Å². The Kier molecular flexibility index (Phi) is 4.39. The summed E-state index contributed by atoms with van der Waals surface area (Å²) in [6, 6.07) is 19.3. The lowest BCUT2D eigenvalue weighted by Crippen LogP contribution is -2.02. The van der Waals surface area contributed by atoms with Crippen molar-refractivity contribution in [3.63, 3.8) is 0 Å². The molecule has 118 valence electrons. The van der Waals surface area contributed by atoms with Crippen molar-refractivity contribution in [2.45, 2.75) is 13.8 Å². The third-order valence-electron chi connectivity index (χ3n) is 3.39. The second-order valence-corrected chi connectivity index (χ2v) is 5.53. The number of aryl methyl sites for hydroxylation is 2. The number of benzene rings is 2. The number of anilines is 4. The maximum absolute atomic E-state index is 8.98. The van der Waals surface area contributed by atoms with E-state index in [1.54, 1.807) is 12.1 Å². The smallest absolute Gasteiger partial charge is 0.229 e. The van der Waals surface area contributed by atoms with Gasteiger partial charge in [0.1, 0.15) is 5.82 Å². The minimum Gasteiger partial charge on any atom is -0.340 e. The van der Waals surface area contributed by atoms with Crippen molar-refractivity contribution in [2.75, 3.05) is 10.6 Å². The lowest BCUT2D eigenvalue weighted by molar-refractivity contribution is 1.11. The van der Waals surface area contributed by atoms with Gasteiger partial charge in [-0.3, -0.25) is 0 Å². The molecule has 1 aromatic heterocycles.